The second-order valence-corrected chi connectivity index (χ2v) is 7.22. The molecule has 1 aromatic carbocycles. The van der Waals surface area contributed by atoms with Crippen molar-refractivity contribution in [3.05, 3.63) is 48.3 Å². The molecule has 2 fully saturated rings. The van der Waals surface area contributed by atoms with Gasteiger partial charge in [0.05, 0.1) is 5.69 Å². The number of hydrogen-bond acceptors (Lipinski definition) is 3. The van der Waals surface area contributed by atoms with E-state index in [0.29, 0.717) is 0 Å². The Morgan fingerprint density at radius 2 is 1.88 bits per heavy atom. The lowest BCUT2D eigenvalue weighted by molar-refractivity contribution is 0.198. The van der Waals surface area contributed by atoms with Gasteiger partial charge in [0, 0.05) is 38.1 Å². The van der Waals surface area contributed by atoms with Gasteiger partial charge in [-0.2, -0.15) is 5.10 Å². The van der Waals surface area contributed by atoms with Gasteiger partial charge in [0.1, 0.15) is 0 Å². The lowest BCUT2D eigenvalue weighted by Crippen LogP contribution is -2.36. The van der Waals surface area contributed by atoms with Crippen LogP contribution in [-0.2, 0) is 6.54 Å². The molecule has 1 saturated heterocycles. The van der Waals surface area contributed by atoms with Gasteiger partial charge in [0.25, 0.3) is 0 Å². The van der Waals surface area contributed by atoms with Crippen LogP contribution in [0.5, 0.6) is 0 Å². The molecule has 4 nitrogen and oxygen atoms in total. The van der Waals surface area contributed by atoms with Crippen molar-refractivity contribution in [1.29, 1.82) is 0 Å². The Balaban J connectivity index is 1.38. The van der Waals surface area contributed by atoms with Gasteiger partial charge < -0.3 is 0 Å². The predicted octanol–water partition coefficient (Wildman–Crippen LogP) is 3.32. The Morgan fingerprint density at radius 3 is 2.71 bits per heavy atom. The van der Waals surface area contributed by atoms with E-state index in [4.69, 9.17) is 0 Å². The lowest BCUT2D eigenvalue weighted by atomic mass is 10.2. The van der Waals surface area contributed by atoms with E-state index in [9.17, 15) is 0 Å². The zero-order valence-corrected chi connectivity index (χ0v) is 14.5. The van der Waals surface area contributed by atoms with Gasteiger partial charge in [-0.1, -0.05) is 25.0 Å². The molecule has 0 N–H and O–H groups in total. The molecule has 0 radical (unpaired) electrons. The van der Waals surface area contributed by atoms with Gasteiger partial charge in [-0.25, -0.2) is 4.68 Å². The van der Waals surface area contributed by atoms with Crippen molar-refractivity contribution in [1.82, 2.24) is 19.6 Å². The molecular weight excluding hydrogens is 296 g/mol. The zero-order valence-electron chi connectivity index (χ0n) is 14.5. The first-order chi connectivity index (χ1) is 11.9. The number of nitrogens with zero attached hydrogens (tertiary/aromatic N) is 4. The number of hydrogen-bond donors (Lipinski definition) is 0. The predicted molar refractivity (Wildman–Crippen MR) is 97.3 cm³/mol. The van der Waals surface area contributed by atoms with E-state index in [1.165, 1.54) is 63.8 Å². The van der Waals surface area contributed by atoms with E-state index >= 15 is 0 Å². The molecule has 2 aliphatic rings. The largest absolute Gasteiger partial charge is 0.299 e. The van der Waals surface area contributed by atoms with Crippen molar-refractivity contribution in [2.24, 2.45) is 0 Å². The highest BCUT2D eigenvalue weighted by Gasteiger charge is 2.24. The Bertz CT molecular complexity index is 631. The molecule has 0 amide bonds. The van der Waals surface area contributed by atoms with Crippen LogP contribution in [-0.4, -0.2) is 51.8 Å². The second-order valence-electron chi connectivity index (χ2n) is 7.22. The van der Waals surface area contributed by atoms with Gasteiger partial charge in [-0.15, -0.1) is 0 Å². The zero-order chi connectivity index (χ0) is 16.2. The summed E-state index contributed by atoms with van der Waals surface area (Å²) in [6, 6.07) is 11.6. The smallest absolute Gasteiger partial charge is 0.0648 e. The summed E-state index contributed by atoms with van der Waals surface area (Å²) < 4.78 is 1.94. The SMILES string of the molecule is c1cc(CN2CCCN(C3CCCC3)CC2)cc(-n2cccn2)c1. The molecule has 1 aliphatic heterocycles. The third kappa shape index (κ3) is 3.70. The van der Waals surface area contributed by atoms with Crippen LogP contribution in [0.2, 0.25) is 0 Å². The van der Waals surface area contributed by atoms with Crippen molar-refractivity contribution >= 4 is 0 Å². The minimum absolute atomic E-state index is 0.869. The monoisotopic (exact) mass is 324 g/mol. The highest BCUT2D eigenvalue weighted by Crippen LogP contribution is 2.24. The maximum absolute atomic E-state index is 4.34. The van der Waals surface area contributed by atoms with Gasteiger partial charge in [-0.05, 0) is 56.1 Å². The molecule has 4 heteroatoms. The molecule has 0 bridgehead atoms. The summed E-state index contributed by atoms with van der Waals surface area (Å²) in [5.41, 5.74) is 2.54. The van der Waals surface area contributed by atoms with Crippen molar-refractivity contribution in [3.8, 4) is 5.69 Å². The minimum Gasteiger partial charge on any atom is -0.299 e. The summed E-state index contributed by atoms with van der Waals surface area (Å²) in [6.45, 7) is 5.99. The van der Waals surface area contributed by atoms with E-state index < -0.39 is 0 Å². The van der Waals surface area contributed by atoms with Crippen molar-refractivity contribution < 1.29 is 0 Å². The second kappa shape index (κ2) is 7.49. The average Bonchev–Trinajstić information content (AvgIpc) is 3.28. The summed E-state index contributed by atoms with van der Waals surface area (Å²) in [5, 5.41) is 4.34. The molecule has 24 heavy (non-hydrogen) atoms. The lowest BCUT2D eigenvalue weighted by Gasteiger charge is -2.27. The third-order valence-corrected chi connectivity index (χ3v) is 5.55. The molecule has 4 rings (SSSR count). The summed E-state index contributed by atoms with van der Waals surface area (Å²) in [4.78, 5) is 5.38. The molecule has 2 aromatic rings. The molecule has 2 heterocycles. The molecule has 0 atom stereocenters. The molecule has 1 saturated carbocycles. The fraction of sp³-hybridized carbons (Fsp3) is 0.550. The van der Waals surface area contributed by atoms with Gasteiger partial charge >= 0.3 is 0 Å². The van der Waals surface area contributed by atoms with Crippen LogP contribution in [0.4, 0.5) is 0 Å². The van der Waals surface area contributed by atoms with Crippen LogP contribution in [0.1, 0.15) is 37.7 Å². The van der Waals surface area contributed by atoms with Crippen molar-refractivity contribution in [3.63, 3.8) is 0 Å². The third-order valence-electron chi connectivity index (χ3n) is 5.55. The van der Waals surface area contributed by atoms with E-state index in [0.717, 1.165) is 18.3 Å². The fourth-order valence-electron chi connectivity index (χ4n) is 4.26. The first-order valence-electron chi connectivity index (χ1n) is 9.44. The molecule has 0 unspecified atom stereocenters. The van der Waals surface area contributed by atoms with E-state index in [1.54, 1.807) is 0 Å². The van der Waals surface area contributed by atoms with Gasteiger partial charge in [0.2, 0.25) is 0 Å². The molecule has 0 spiro atoms. The van der Waals surface area contributed by atoms with Gasteiger partial charge in [0.15, 0.2) is 0 Å². The number of rotatable bonds is 4. The molecule has 1 aliphatic carbocycles. The maximum Gasteiger partial charge on any atom is 0.0648 e. The number of aromatic nitrogens is 2. The van der Waals surface area contributed by atoms with Crippen LogP contribution >= 0.6 is 0 Å². The fourth-order valence-corrected chi connectivity index (χ4v) is 4.26. The van der Waals surface area contributed by atoms with Crippen LogP contribution in [0.15, 0.2) is 42.7 Å². The van der Waals surface area contributed by atoms with Gasteiger partial charge in [-0.3, -0.25) is 9.80 Å². The molecular formula is C20H28N4. The summed E-state index contributed by atoms with van der Waals surface area (Å²) in [5.74, 6) is 0. The number of benzene rings is 1. The topological polar surface area (TPSA) is 24.3 Å². The Hall–Kier alpha value is -1.65. The Kier molecular flexibility index (Phi) is 4.95. The Labute approximate surface area is 145 Å². The summed E-state index contributed by atoms with van der Waals surface area (Å²) in [7, 11) is 0. The maximum atomic E-state index is 4.34. The normalized spacial score (nSPS) is 21.2. The highest BCUT2D eigenvalue weighted by atomic mass is 15.3. The first-order valence-corrected chi connectivity index (χ1v) is 9.44. The average molecular weight is 324 g/mol. The van der Waals surface area contributed by atoms with Crippen molar-refractivity contribution in [2.75, 3.05) is 26.2 Å². The molecule has 1 aromatic heterocycles. The minimum atomic E-state index is 0.869. The molecule has 128 valence electrons. The standard InChI is InChI=1S/C20H28N4/c1-2-8-19(7-1)23-12-5-11-22(14-15-23)17-18-6-3-9-20(16-18)24-13-4-10-21-24/h3-4,6,9-10,13,16,19H,1-2,5,7-8,11-12,14-15,17H2. The van der Waals surface area contributed by atoms with Crippen molar-refractivity contribution in [2.45, 2.75) is 44.7 Å². The van der Waals surface area contributed by atoms with E-state index in [1.807, 2.05) is 23.1 Å². The van der Waals surface area contributed by atoms with Crippen LogP contribution in [0, 0.1) is 0 Å². The summed E-state index contributed by atoms with van der Waals surface area (Å²) in [6.07, 6.45) is 10.9. The highest BCUT2D eigenvalue weighted by molar-refractivity contribution is 5.35. The van der Waals surface area contributed by atoms with Crippen LogP contribution in [0.25, 0.3) is 5.69 Å². The van der Waals surface area contributed by atoms with E-state index in [-0.39, 0.29) is 0 Å². The quantitative estimate of drug-likeness (QED) is 0.862. The van der Waals surface area contributed by atoms with Crippen LogP contribution in [0.3, 0.4) is 0 Å². The first kappa shape index (κ1) is 15.9. The van der Waals surface area contributed by atoms with Crippen LogP contribution < -0.4 is 0 Å². The Morgan fingerprint density at radius 1 is 0.958 bits per heavy atom. The van der Waals surface area contributed by atoms with E-state index in [2.05, 4.69) is 39.2 Å². The summed E-state index contributed by atoms with van der Waals surface area (Å²) >= 11 is 0.